The van der Waals surface area contributed by atoms with E-state index in [2.05, 4.69) is 48.5 Å². The number of hydroxylamine groups is 2. The summed E-state index contributed by atoms with van der Waals surface area (Å²) >= 11 is 0. The van der Waals surface area contributed by atoms with Crippen LogP contribution in [0.3, 0.4) is 0 Å². The van der Waals surface area contributed by atoms with Gasteiger partial charge in [-0.25, -0.2) is 0 Å². The Balaban J connectivity index is 1.29. The third-order valence-electron chi connectivity index (χ3n) is 8.41. The minimum absolute atomic E-state index is 0.310. The van der Waals surface area contributed by atoms with Gasteiger partial charge in [0.05, 0.1) is 33.0 Å². The van der Waals surface area contributed by atoms with Gasteiger partial charge < -0.3 is 23.7 Å². The fourth-order valence-electron chi connectivity index (χ4n) is 5.95. The molecule has 4 aromatic carbocycles. The van der Waals surface area contributed by atoms with Crippen LogP contribution in [0.25, 0.3) is 0 Å². The van der Waals surface area contributed by atoms with E-state index in [9.17, 15) is 0 Å². The largest absolute Gasteiger partial charge is 0.374 e. The lowest BCUT2D eigenvalue weighted by molar-refractivity contribution is -0.379. The number of ether oxygens (including phenoxy) is 5. The molecule has 0 aliphatic carbocycles. The summed E-state index contributed by atoms with van der Waals surface area (Å²) < 4.78 is 33.3. The Labute approximate surface area is 272 Å². The number of benzene rings is 4. The van der Waals surface area contributed by atoms with E-state index in [4.69, 9.17) is 28.5 Å². The maximum atomic E-state index is 6.80. The highest BCUT2D eigenvalue weighted by molar-refractivity contribution is 5.16. The van der Waals surface area contributed by atoms with Crippen molar-refractivity contribution in [2.45, 2.75) is 76.4 Å². The first-order valence-electron chi connectivity index (χ1n) is 16.5. The first-order chi connectivity index (χ1) is 22.8. The minimum Gasteiger partial charge on any atom is -0.374 e. The molecule has 2 aliphatic rings. The van der Waals surface area contributed by atoms with Crippen LogP contribution in [0.1, 0.15) is 41.5 Å². The first-order valence-corrected chi connectivity index (χ1v) is 16.5. The Kier molecular flexibility index (Phi) is 12.4. The highest BCUT2D eigenvalue weighted by Gasteiger charge is 2.50. The van der Waals surface area contributed by atoms with Crippen molar-refractivity contribution < 1.29 is 28.5 Å². The topological polar surface area (TPSA) is 58.6 Å². The van der Waals surface area contributed by atoms with Gasteiger partial charge in [-0.2, -0.15) is 5.06 Å². The maximum absolute atomic E-state index is 6.80. The lowest BCUT2D eigenvalue weighted by Crippen LogP contribution is -2.62. The van der Waals surface area contributed by atoms with E-state index >= 15 is 0 Å². The van der Waals surface area contributed by atoms with Crippen molar-refractivity contribution in [2.24, 2.45) is 0 Å². The molecule has 2 aliphatic heterocycles. The van der Waals surface area contributed by atoms with Crippen LogP contribution in [0.5, 0.6) is 0 Å². The highest BCUT2D eigenvalue weighted by atomic mass is 16.8. The Bertz CT molecular complexity index is 1390. The van der Waals surface area contributed by atoms with Crippen LogP contribution in [-0.2, 0) is 54.9 Å². The molecule has 4 aromatic rings. The van der Waals surface area contributed by atoms with Gasteiger partial charge in [-0.15, -0.1) is 0 Å². The fraction of sp³-hybridized carbons (Fsp3) is 0.385. The van der Waals surface area contributed by atoms with Crippen LogP contribution in [0.15, 0.2) is 121 Å². The number of hydrogen-bond donors (Lipinski definition) is 0. The molecule has 7 nitrogen and oxygen atoms in total. The third kappa shape index (κ3) is 9.56. The molecule has 46 heavy (non-hydrogen) atoms. The third-order valence-corrected chi connectivity index (χ3v) is 8.41. The summed E-state index contributed by atoms with van der Waals surface area (Å²) in [5, 5.41) is 2.02. The van der Waals surface area contributed by atoms with Gasteiger partial charge >= 0.3 is 0 Å². The van der Waals surface area contributed by atoms with Gasteiger partial charge in [0, 0.05) is 13.1 Å². The second-order valence-corrected chi connectivity index (χ2v) is 11.9. The van der Waals surface area contributed by atoms with Gasteiger partial charge in [-0.1, -0.05) is 128 Å². The molecular weight excluding hydrogens is 578 g/mol. The lowest BCUT2D eigenvalue weighted by atomic mass is 9.97. The van der Waals surface area contributed by atoms with E-state index in [1.54, 1.807) is 0 Å². The predicted molar refractivity (Wildman–Crippen MR) is 176 cm³/mol. The predicted octanol–water partition coefficient (Wildman–Crippen LogP) is 7.10. The quantitative estimate of drug-likeness (QED) is 0.140. The summed E-state index contributed by atoms with van der Waals surface area (Å²) in [4.78, 5) is 6.62. The average Bonchev–Trinajstić information content (AvgIpc) is 3.12. The van der Waals surface area contributed by atoms with E-state index in [0.717, 1.165) is 48.2 Å². The van der Waals surface area contributed by atoms with Crippen molar-refractivity contribution in [3.63, 3.8) is 0 Å². The second-order valence-electron chi connectivity index (χ2n) is 11.9. The molecule has 0 radical (unpaired) electrons. The Hall–Kier alpha value is -3.40. The molecule has 0 N–H and O–H groups in total. The fourth-order valence-corrected chi connectivity index (χ4v) is 5.95. The first kappa shape index (κ1) is 32.5. The SMILES string of the molecule is c1ccc(COC[C@H]2O[C@@H](ON3CCCCC3)[C@H](OCc3ccccc3)[C@@H](OCc3ccccc3)[C@@H]2OCc2ccccc2)cc1. The van der Waals surface area contributed by atoms with E-state index in [1.807, 2.05) is 77.9 Å². The molecule has 0 saturated carbocycles. The van der Waals surface area contributed by atoms with Crippen molar-refractivity contribution in [3.8, 4) is 0 Å². The van der Waals surface area contributed by atoms with Crippen molar-refractivity contribution in [1.29, 1.82) is 0 Å². The van der Waals surface area contributed by atoms with Crippen LogP contribution in [-0.4, -0.2) is 55.5 Å². The van der Waals surface area contributed by atoms with Crippen molar-refractivity contribution in [1.82, 2.24) is 5.06 Å². The summed E-state index contributed by atoms with van der Waals surface area (Å²) in [6, 6.07) is 40.7. The van der Waals surface area contributed by atoms with Crippen molar-refractivity contribution in [3.05, 3.63) is 144 Å². The summed E-state index contributed by atoms with van der Waals surface area (Å²) in [6.45, 7) is 3.67. The van der Waals surface area contributed by atoms with E-state index < -0.39 is 30.7 Å². The average molecular weight is 624 g/mol. The molecule has 6 rings (SSSR count). The summed E-state index contributed by atoms with van der Waals surface area (Å²) in [7, 11) is 0. The Morgan fingerprint density at radius 1 is 0.500 bits per heavy atom. The van der Waals surface area contributed by atoms with Gasteiger partial charge in [0.25, 0.3) is 0 Å². The van der Waals surface area contributed by atoms with Crippen LogP contribution >= 0.6 is 0 Å². The zero-order chi connectivity index (χ0) is 31.2. The van der Waals surface area contributed by atoms with Crippen LogP contribution in [0.2, 0.25) is 0 Å². The smallest absolute Gasteiger partial charge is 0.206 e. The van der Waals surface area contributed by atoms with Gasteiger partial charge in [0.15, 0.2) is 0 Å². The second kappa shape index (κ2) is 17.5. The molecule has 5 atom stereocenters. The van der Waals surface area contributed by atoms with Crippen molar-refractivity contribution in [2.75, 3.05) is 19.7 Å². The van der Waals surface area contributed by atoms with Gasteiger partial charge in [0.2, 0.25) is 6.29 Å². The highest BCUT2D eigenvalue weighted by Crippen LogP contribution is 2.32. The van der Waals surface area contributed by atoms with Crippen LogP contribution in [0, 0.1) is 0 Å². The normalized spacial score (nSPS) is 23.7. The molecule has 0 unspecified atom stereocenters. The summed E-state index contributed by atoms with van der Waals surface area (Å²) in [6.07, 6.45) is 0.669. The van der Waals surface area contributed by atoms with Crippen molar-refractivity contribution >= 4 is 0 Å². The number of rotatable bonds is 15. The molecule has 2 heterocycles. The summed E-state index contributed by atoms with van der Waals surface area (Å²) in [5.41, 5.74) is 4.31. The standard InChI is InChI=1S/C39H45NO6/c1-6-16-31(17-7-1)26-41-30-35-36(42-27-32-18-8-2-9-19-32)37(43-28-33-20-10-3-11-21-33)38(44-29-34-22-12-4-13-23-34)39(45-35)46-40-24-14-5-15-25-40/h1-4,6-13,16-23,35-39H,5,14-15,24-30H2/t35-,36-,37+,38-,39+/m1/s1. The Morgan fingerprint density at radius 3 is 1.43 bits per heavy atom. The molecule has 7 heteroatoms. The molecule has 0 aromatic heterocycles. The molecule has 2 fully saturated rings. The monoisotopic (exact) mass is 623 g/mol. The van der Waals surface area contributed by atoms with Crippen LogP contribution in [0.4, 0.5) is 0 Å². The summed E-state index contributed by atoms with van der Waals surface area (Å²) in [5.74, 6) is 0. The molecule has 2 saturated heterocycles. The van der Waals surface area contributed by atoms with Gasteiger partial charge in [-0.3, -0.25) is 4.84 Å². The Morgan fingerprint density at radius 2 is 0.935 bits per heavy atom. The minimum atomic E-state index is -0.704. The molecule has 0 spiro atoms. The van der Waals surface area contributed by atoms with Gasteiger partial charge in [-0.05, 0) is 35.1 Å². The number of piperidine rings is 1. The number of hydrogen-bond acceptors (Lipinski definition) is 7. The van der Waals surface area contributed by atoms with E-state index in [1.165, 1.54) is 6.42 Å². The van der Waals surface area contributed by atoms with Crippen LogP contribution < -0.4 is 0 Å². The maximum Gasteiger partial charge on any atom is 0.206 e. The van der Waals surface area contributed by atoms with E-state index in [0.29, 0.717) is 33.0 Å². The number of nitrogens with zero attached hydrogens (tertiary/aromatic N) is 1. The van der Waals surface area contributed by atoms with E-state index in [-0.39, 0.29) is 0 Å². The zero-order valence-corrected chi connectivity index (χ0v) is 26.4. The molecule has 242 valence electrons. The zero-order valence-electron chi connectivity index (χ0n) is 26.4. The molecule has 0 bridgehead atoms. The lowest BCUT2D eigenvalue weighted by Gasteiger charge is -2.46. The van der Waals surface area contributed by atoms with Gasteiger partial charge in [0.1, 0.15) is 24.4 Å². The molecule has 0 amide bonds. The molecular formula is C39H45NO6.